The predicted molar refractivity (Wildman–Crippen MR) is 65.4 cm³/mol. The first kappa shape index (κ1) is 14.5. The number of rotatable bonds is 7. The molecular weight excluding hydrogens is 268 g/mol. The first-order valence-corrected chi connectivity index (χ1v) is 6.12. The van der Waals surface area contributed by atoms with Crippen LogP contribution in [0.5, 0.6) is 5.88 Å². The van der Waals surface area contributed by atoms with E-state index in [0.717, 1.165) is 12.8 Å². The summed E-state index contributed by atoms with van der Waals surface area (Å²) in [5.74, 6) is -0.759. The van der Waals surface area contributed by atoms with Crippen molar-refractivity contribution in [1.29, 1.82) is 0 Å². The molecule has 0 spiro atoms. The summed E-state index contributed by atoms with van der Waals surface area (Å²) >= 11 is 11.3. The van der Waals surface area contributed by atoms with Crippen LogP contribution in [0.15, 0.2) is 6.07 Å². The highest BCUT2D eigenvalue weighted by Gasteiger charge is 2.09. The summed E-state index contributed by atoms with van der Waals surface area (Å²) in [4.78, 5) is 3.50. The molecule has 0 fully saturated rings. The molecule has 0 aromatic carbocycles. The molecule has 0 N–H and O–H groups in total. The van der Waals surface area contributed by atoms with E-state index in [1.54, 1.807) is 0 Å². The Bertz CT molecular complexity index is 364. The number of hydrogen-bond donors (Lipinski definition) is 0. The van der Waals surface area contributed by atoms with Crippen molar-refractivity contribution in [3.8, 4) is 5.88 Å². The van der Waals surface area contributed by atoms with E-state index in [2.05, 4.69) is 11.9 Å². The minimum absolute atomic E-state index is 0.0349. The van der Waals surface area contributed by atoms with Crippen LogP contribution >= 0.6 is 23.2 Å². The maximum absolute atomic E-state index is 13.0. The average molecular weight is 282 g/mol. The van der Waals surface area contributed by atoms with Crippen LogP contribution in [-0.4, -0.2) is 24.8 Å². The van der Waals surface area contributed by atoms with E-state index in [0.29, 0.717) is 13.2 Å². The molecule has 1 rings (SSSR count). The van der Waals surface area contributed by atoms with Gasteiger partial charge in [-0.3, -0.25) is 0 Å². The van der Waals surface area contributed by atoms with E-state index in [9.17, 15) is 4.39 Å². The Morgan fingerprint density at radius 3 is 2.71 bits per heavy atom. The molecule has 1 aromatic rings. The molecule has 0 aliphatic heterocycles. The molecular formula is C11H14Cl2FNO2. The van der Waals surface area contributed by atoms with Gasteiger partial charge in [0.1, 0.15) is 11.6 Å². The zero-order valence-corrected chi connectivity index (χ0v) is 11.0. The van der Waals surface area contributed by atoms with E-state index in [1.807, 2.05) is 0 Å². The molecule has 0 saturated heterocycles. The molecule has 3 nitrogen and oxygen atoms in total. The van der Waals surface area contributed by atoms with Gasteiger partial charge in [-0.2, -0.15) is 9.37 Å². The lowest BCUT2D eigenvalue weighted by Crippen LogP contribution is -2.09. The van der Waals surface area contributed by atoms with Gasteiger partial charge in [0.05, 0.1) is 11.6 Å². The number of nitrogens with zero attached hydrogens (tertiary/aromatic N) is 1. The standard InChI is InChI=1S/C11H14Cl2FNO2/c1-2-3-4-16-5-6-17-11-9(13)7-8(12)10(14)15-11/h7H,2-6H2,1H3. The molecule has 1 heterocycles. The van der Waals surface area contributed by atoms with E-state index in [4.69, 9.17) is 32.7 Å². The van der Waals surface area contributed by atoms with Crippen molar-refractivity contribution in [2.45, 2.75) is 19.8 Å². The Kier molecular flexibility index (Phi) is 6.55. The lowest BCUT2D eigenvalue weighted by molar-refractivity contribution is 0.0962. The smallest absolute Gasteiger partial charge is 0.235 e. The van der Waals surface area contributed by atoms with Gasteiger partial charge in [-0.05, 0) is 12.5 Å². The third-order valence-corrected chi connectivity index (χ3v) is 2.50. The Morgan fingerprint density at radius 2 is 2.00 bits per heavy atom. The molecule has 0 aliphatic carbocycles. The maximum atomic E-state index is 13.0. The van der Waals surface area contributed by atoms with Gasteiger partial charge in [-0.25, -0.2) is 0 Å². The summed E-state index contributed by atoms with van der Waals surface area (Å²) in [6.07, 6.45) is 2.09. The van der Waals surface area contributed by atoms with Crippen LogP contribution in [0.4, 0.5) is 4.39 Å². The fourth-order valence-electron chi connectivity index (χ4n) is 1.08. The first-order valence-electron chi connectivity index (χ1n) is 5.37. The van der Waals surface area contributed by atoms with Crippen molar-refractivity contribution >= 4 is 23.2 Å². The topological polar surface area (TPSA) is 31.4 Å². The van der Waals surface area contributed by atoms with Crippen LogP contribution in [-0.2, 0) is 4.74 Å². The number of unbranched alkanes of at least 4 members (excludes halogenated alkanes) is 1. The lowest BCUT2D eigenvalue weighted by atomic mass is 10.4. The molecule has 17 heavy (non-hydrogen) atoms. The summed E-state index contributed by atoms with van der Waals surface area (Å²) in [5.41, 5.74) is 0. The summed E-state index contributed by atoms with van der Waals surface area (Å²) in [6.45, 7) is 3.47. The lowest BCUT2D eigenvalue weighted by Gasteiger charge is -2.08. The number of halogens is 3. The summed E-state index contributed by atoms with van der Waals surface area (Å²) < 4.78 is 23.5. The SMILES string of the molecule is CCCCOCCOc1nc(F)c(Cl)cc1Cl. The first-order chi connectivity index (χ1) is 8.15. The van der Waals surface area contributed by atoms with Gasteiger partial charge in [-0.15, -0.1) is 0 Å². The predicted octanol–water partition coefficient (Wildman–Crippen LogP) is 3.72. The highest BCUT2D eigenvalue weighted by Crippen LogP contribution is 2.26. The highest BCUT2D eigenvalue weighted by molar-refractivity contribution is 6.35. The van der Waals surface area contributed by atoms with E-state index in [-0.39, 0.29) is 22.5 Å². The minimum atomic E-state index is -0.794. The van der Waals surface area contributed by atoms with Gasteiger partial charge in [0.25, 0.3) is 0 Å². The van der Waals surface area contributed by atoms with Gasteiger partial charge >= 0.3 is 0 Å². The minimum Gasteiger partial charge on any atom is -0.474 e. The summed E-state index contributed by atoms with van der Waals surface area (Å²) in [7, 11) is 0. The molecule has 6 heteroatoms. The van der Waals surface area contributed by atoms with Crippen LogP contribution in [0.1, 0.15) is 19.8 Å². The third-order valence-electron chi connectivity index (χ3n) is 1.96. The van der Waals surface area contributed by atoms with E-state index >= 15 is 0 Å². The number of ether oxygens (including phenoxy) is 2. The fourth-order valence-corrected chi connectivity index (χ4v) is 1.49. The molecule has 0 unspecified atom stereocenters. The van der Waals surface area contributed by atoms with Crippen molar-refractivity contribution in [1.82, 2.24) is 4.98 Å². The number of aromatic nitrogens is 1. The van der Waals surface area contributed by atoms with E-state index in [1.165, 1.54) is 6.07 Å². The summed E-state index contributed by atoms with van der Waals surface area (Å²) in [5, 5.41) is 0.0616. The van der Waals surface area contributed by atoms with Crippen LogP contribution in [0.2, 0.25) is 10.0 Å². The van der Waals surface area contributed by atoms with Crippen LogP contribution in [0, 0.1) is 5.95 Å². The molecule has 0 bridgehead atoms. The van der Waals surface area contributed by atoms with Crippen LogP contribution < -0.4 is 4.74 Å². The van der Waals surface area contributed by atoms with E-state index < -0.39 is 5.95 Å². The van der Waals surface area contributed by atoms with Gasteiger partial charge < -0.3 is 9.47 Å². The van der Waals surface area contributed by atoms with Crippen LogP contribution in [0.3, 0.4) is 0 Å². The Hall–Kier alpha value is -0.580. The van der Waals surface area contributed by atoms with Crippen molar-refractivity contribution in [3.05, 3.63) is 22.1 Å². The molecule has 0 atom stereocenters. The Balaban J connectivity index is 2.34. The van der Waals surface area contributed by atoms with Crippen molar-refractivity contribution in [3.63, 3.8) is 0 Å². The fraction of sp³-hybridized carbons (Fsp3) is 0.545. The molecule has 0 radical (unpaired) electrons. The monoisotopic (exact) mass is 281 g/mol. The molecule has 1 aromatic heterocycles. The van der Waals surface area contributed by atoms with Crippen molar-refractivity contribution < 1.29 is 13.9 Å². The normalized spacial score (nSPS) is 10.6. The second-order valence-corrected chi connectivity index (χ2v) is 4.18. The maximum Gasteiger partial charge on any atom is 0.235 e. The largest absolute Gasteiger partial charge is 0.474 e. The Labute approximate surface area is 110 Å². The highest BCUT2D eigenvalue weighted by atomic mass is 35.5. The number of pyridine rings is 1. The average Bonchev–Trinajstić information content (AvgIpc) is 2.30. The zero-order chi connectivity index (χ0) is 12.7. The molecule has 0 amide bonds. The van der Waals surface area contributed by atoms with Gasteiger partial charge in [0.2, 0.25) is 11.8 Å². The van der Waals surface area contributed by atoms with Gasteiger partial charge in [0, 0.05) is 6.61 Å². The quantitative estimate of drug-likeness (QED) is 0.564. The zero-order valence-electron chi connectivity index (χ0n) is 9.51. The Morgan fingerprint density at radius 1 is 1.24 bits per heavy atom. The second-order valence-electron chi connectivity index (χ2n) is 3.36. The van der Waals surface area contributed by atoms with Crippen LogP contribution in [0.25, 0.3) is 0 Å². The number of hydrogen-bond acceptors (Lipinski definition) is 3. The van der Waals surface area contributed by atoms with Crippen molar-refractivity contribution in [2.75, 3.05) is 19.8 Å². The molecule has 0 saturated carbocycles. The summed E-state index contributed by atoms with van der Waals surface area (Å²) in [6, 6.07) is 1.26. The second kappa shape index (κ2) is 7.69. The third kappa shape index (κ3) is 5.06. The van der Waals surface area contributed by atoms with Crippen molar-refractivity contribution in [2.24, 2.45) is 0 Å². The van der Waals surface area contributed by atoms with Gasteiger partial charge in [-0.1, -0.05) is 36.5 Å². The molecule has 96 valence electrons. The van der Waals surface area contributed by atoms with Gasteiger partial charge in [0.15, 0.2) is 0 Å². The molecule has 0 aliphatic rings.